The van der Waals surface area contributed by atoms with Crippen molar-refractivity contribution in [2.45, 2.75) is 44.6 Å². The number of carbonyl (C=O) groups is 1. The third-order valence-electron chi connectivity index (χ3n) is 3.53. The van der Waals surface area contributed by atoms with E-state index in [9.17, 15) is 4.79 Å². The van der Waals surface area contributed by atoms with Crippen LogP contribution in [-0.4, -0.2) is 16.8 Å². The molecule has 0 radical (unpaired) electrons. The Hall–Kier alpha value is -0.350. The van der Waals surface area contributed by atoms with E-state index in [1.807, 2.05) is 5.38 Å². The van der Waals surface area contributed by atoms with Crippen LogP contribution in [0.25, 0.3) is 0 Å². The van der Waals surface area contributed by atoms with Gasteiger partial charge in [0.1, 0.15) is 0 Å². The summed E-state index contributed by atoms with van der Waals surface area (Å²) in [7, 11) is 0. The summed E-state index contributed by atoms with van der Waals surface area (Å²) in [6.45, 7) is 2.09. The van der Waals surface area contributed by atoms with Crippen LogP contribution < -0.4 is 5.32 Å². The fraction of sp³-hybridized carbons (Fsp3) is 0.615. The molecule has 0 aliphatic heterocycles. The second-order valence-corrected chi connectivity index (χ2v) is 6.18. The molecule has 0 saturated heterocycles. The molecule has 1 saturated carbocycles. The number of hydrogen-bond donors (Lipinski definition) is 1. The molecule has 1 amide bonds. The van der Waals surface area contributed by atoms with Crippen molar-refractivity contribution in [1.82, 2.24) is 5.32 Å². The lowest BCUT2D eigenvalue weighted by atomic mass is 10.0. The van der Waals surface area contributed by atoms with Crippen molar-refractivity contribution in [2.24, 2.45) is 0 Å². The van der Waals surface area contributed by atoms with Gasteiger partial charge in [-0.2, -0.15) is 0 Å². The predicted molar refractivity (Wildman–Crippen MR) is 76.2 cm³/mol. The van der Waals surface area contributed by atoms with E-state index in [1.54, 1.807) is 11.3 Å². The first-order valence-corrected chi connectivity index (χ1v) is 8.16. The Kier molecular flexibility index (Phi) is 4.26. The number of nitrogens with one attached hydrogen (secondary N) is 1. The molecule has 0 unspecified atom stereocenters. The number of amides is 1. The van der Waals surface area contributed by atoms with E-state index in [1.165, 1.54) is 12.8 Å². The number of alkyl halides is 1. The topological polar surface area (TPSA) is 29.1 Å². The Morgan fingerprint density at radius 2 is 2.24 bits per heavy atom. The molecule has 2 rings (SSSR count). The van der Waals surface area contributed by atoms with Gasteiger partial charge in [0.05, 0.1) is 10.4 Å². The third-order valence-corrected chi connectivity index (χ3v) is 5.56. The molecule has 1 N–H and O–H groups in total. The number of aryl methyl sites for hydroxylation is 1. The van der Waals surface area contributed by atoms with Gasteiger partial charge in [-0.1, -0.05) is 35.7 Å². The van der Waals surface area contributed by atoms with Gasteiger partial charge in [-0.25, -0.2) is 0 Å². The molecule has 0 aromatic carbocycles. The number of rotatable bonds is 4. The van der Waals surface area contributed by atoms with E-state index in [0.717, 1.165) is 35.0 Å². The maximum Gasteiger partial charge on any atom is 0.262 e. The quantitative estimate of drug-likeness (QED) is 0.842. The number of hydrogen-bond acceptors (Lipinski definition) is 2. The Balaban J connectivity index is 2.11. The fourth-order valence-electron chi connectivity index (χ4n) is 2.45. The molecule has 0 bridgehead atoms. The average Bonchev–Trinajstić information content (AvgIpc) is 2.97. The second-order valence-electron chi connectivity index (χ2n) is 4.70. The van der Waals surface area contributed by atoms with Crippen LogP contribution >= 0.6 is 27.3 Å². The van der Waals surface area contributed by atoms with Crippen molar-refractivity contribution in [3.63, 3.8) is 0 Å². The molecule has 17 heavy (non-hydrogen) atoms. The van der Waals surface area contributed by atoms with Crippen molar-refractivity contribution < 1.29 is 4.79 Å². The van der Waals surface area contributed by atoms with Crippen molar-refractivity contribution in [3.8, 4) is 0 Å². The maximum absolute atomic E-state index is 12.3. The van der Waals surface area contributed by atoms with Crippen LogP contribution in [0.15, 0.2) is 11.4 Å². The largest absolute Gasteiger partial charge is 0.345 e. The van der Waals surface area contributed by atoms with Crippen molar-refractivity contribution in [1.29, 1.82) is 0 Å². The highest BCUT2D eigenvalue weighted by Gasteiger charge is 2.34. The molecule has 94 valence electrons. The molecular weight excluding hydrogens is 298 g/mol. The zero-order valence-electron chi connectivity index (χ0n) is 10.1. The van der Waals surface area contributed by atoms with E-state index in [2.05, 4.69) is 34.2 Å². The molecule has 1 fully saturated rings. The first-order chi connectivity index (χ1) is 8.21. The second kappa shape index (κ2) is 5.53. The summed E-state index contributed by atoms with van der Waals surface area (Å²) < 4.78 is 0. The zero-order valence-corrected chi connectivity index (χ0v) is 12.5. The lowest BCUT2D eigenvalue weighted by Crippen LogP contribution is -2.47. The van der Waals surface area contributed by atoms with Crippen LogP contribution in [0.4, 0.5) is 0 Å². The van der Waals surface area contributed by atoms with Crippen LogP contribution in [-0.2, 0) is 6.42 Å². The first kappa shape index (κ1) is 13.1. The van der Waals surface area contributed by atoms with E-state index < -0.39 is 0 Å². The van der Waals surface area contributed by atoms with Crippen LogP contribution in [0.1, 0.15) is 47.8 Å². The van der Waals surface area contributed by atoms with Crippen LogP contribution in [0.2, 0.25) is 0 Å². The number of carbonyl (C=O) groups excluding carboxylic acids is 1. The minimum absolute atomic E-state index is 0.00785. The number of halogens is 1. The minimum Gasteiger partial charge on any atom is -0.345 e. The van der Waals surface area contributed by atoms with Gasteiger partial charge >= 0.3 is 0 Å². The molecule has 0 atom stereocenters. The van der Waals surface area contributed by atoms with Crippen molar-refractivity contribution in [2.75, 3.05) is 5.33 Å². The van der Waals surface area contributed by atoms with Gasteiger partial charge in [-0.15, -0.1) is 11.3 Å². The molecule has 1 heterocycles. The summed E-state index contributed by atoms with van der Waals surface area (Å²) in [6.07, 6.45) is 5.55. The zero-order chi connectivity index (χ0) is 12.3. The molecule has 1 aromatic heterocycles. The summed E-state index contributed by atoms with van der Waals surface area (Å²) in [5, 5.41) is 6.11. The highest BCUT2D eigenvalue weighted by molar-refractivity contribution is 9.09. The molecule has 4 heteroatoms. The molecule has 1 aliphatic rings. The van der Waals surface area contributed by atoms with Gasteiger partial charge in [0.2, 0.25) is 0 Å². The summed E-state index contributed by atoms with van der Waals surface area (Å²) in [6, 6.07) is 2.05. The lowest BCUT2D eigenvalue weighted by molar-refractivity contribution is 0.0914. The Labute approximate surface area is 115 Å². The lowest BCUT2D eigenvalue weighted by Gasteiger charge is -2.28. The van der Waals surface area contributed by atoms with Crippen LogP contribution in [0.5, 0.6) is 0 Å². The van der Waals surface area contributed by atoms with Gasteiger partial charge in [-0.3, -0.25) is 4.79 Å². The predicted octanol–water partition coefficient (Wildman–Crippen LogP) is 3.75. The van der Waals surface area contributed by atoms with E-state index in [0.29, 0.717) is 0 Å². The first-order valence-electron chi connectivity index (χ1n) is 6.15. The normalized spacial score (nSPS) is 18.2. The molecular formula is C13H18BrNOS. The Morgan fingerprint density at radius 3 is 2.82 bits per heavy atom. The molecule has 2 nitrogen and oxygen atoms in total. The van der Waals surface area contributed by atoms with Gasteiger partial charge in [0.25, 0.3) is 5.91 Å². The Morgan fingerprint density at radius 1 is 1.53 bits per heavy atom. The molecule has 0 spiro atoms. The summed E-state index contributed by atoms with van der Waals surface area (Å²) >= 11 is 5.10. The van der Waals surface area contributed by atoms with E-state index in [4.69, 9.17) is 0 Å². The van der Waals surface area contributed by atoms with Gasteiger partial charge in [-0.05, 0) is 36.3 Å². The summed E-state index contributed by atoms with van der Waals surface area (Å²) in [5.74, 6) is 0.109. The summed E-state index contributed by atoms with van der Waals surface area (Å²) in [5.41, 5.74) is 1.15. The minimum atomic E-state index is -0.00785. The molecule has 1 aliphatic carbocycles. The third kappa shape index (κ3) is 2.74. The monoisotopic (exact) mass is 315 g/mol. The average molecular weight is 316 g/mol. The highest BCUT2D eigenvalue weighted by atomic mass is 79.9. The summed E-state index contributed by atoms with van der Waals surface area (Å²) in [4.78, 5) is 13.2. The van der Waals surface area contributed by atoms with Crippen molar-refractivity contribution >= 4 is 33.2 Å². The van der Waals surface area contributed by atoms with Crippen molar-refractivity contribution in [3.05, 3.63) is 21.9 Å². The SMILES string of the molecule is CCc1ccsc1C(=O)NC1(CBr)CCCC1. The Bertz CT molecular complexity index is 396. The van der Waals surface area contributed by atoms with Crippen LogP contribution in [0, 0.1) is 0 Å². The van der Waals surface area contributed by atoms with Gasteiger partial charge in [0, 0.05) is 5.33 Å². The van der Waals surface area contributed by atoms with Gasteiger partial charge < -0.3 is 5.32 Å². The fourth-order valence-corrected chi connectivity index (χ4v) is 4.05. The highest BCUT2D eigenvalue weighted by Crippen LogP contribution is 2.32. The standard InChI is InChI=1S/C13H18BrNOS/c1-2-10-5-8-17-11(10)12(16)15-13(9-14)6-3-4-7-13/h5,8H,2-4,6-7,9H2,1H3,(H,15,16). The molecule has 1 aromatic rings. The number of thiophene rings is 1. The maximum atomic E-state index is 12.3. The van der Waals surface area contributed by atoms with Gasteiger partial charge in [0.15, 0.2) is 0 Å². The van der Waals surface area contributed by atoms with E-state index in [-0.39, 0.29) is 11.4 Å². The smallest absolute Gasteiger partial charge is 0.262 e. The van der Waals surface area contributed by atoms with E-state index >= 15 is 0 Å². The van der Waals surface area contributed by atoms with Crippen LogP contribution in [0.3, 0.4) is 0 Å².